The second-order valence-electron chi connectivity index (χ2n) is 3.99. The maximum Gasteiger partial charge on any atom is 0.262 e. The fraction of sp³-hybridized carbons (Fsp3) is 0.143. The van der Waals surface area contributed by atoms with Gasteiger partial charge in [0.15, 0.2) is 6.61 Å². The number of nitrogens with one attached hydrogen (secondary N) is 1. The van der Waals surface area contributed by atoms with Gasteiger partial charge in [0.25, 0.3) is 5.91 Å². The third kappa shape index (κ3) is 4.32. The Hall–Kier alpha value is -1.92. The lowest BCUT2D eigenvalue weighted by Gasteiger charge is -2.07. The summed E-state index contributed by atoms with van der Waals surface area (Å²) < 4.78 is 6.19. The predicted octanol–water partition coefficient (Wildman–Crippen LogP) is 2.35. The number of rotatable bonds is 5. The normalized spacial score (nSPS) is 10.1. The van der Waals surface area contributed by atoms with E-state index in [0.29, 0.717) is 17.1 Å². The van der Waals surface area contributed by atoms with E-state index in [9.17, 15) is 4.79 Å². The topological polar surface area (TPSA) is 71.5 Å². The second kappa shape index (κ2) is 7.02. The molecule has 0 aliphatic rings. The van der Waals surface area contributed by atoms with E-state index in [1.807, 2.05) is 12.1 Å². The van der Waals surface area contributed by atoms with Crippen LogP contribution in [-0.4, -0.2) is 22.6 Å². The zero-order valence-corrected chi connectivity index (χ0v) is 12.1. The van der Waals surface area contributed by atoms with Gasteiger partial charge in [-0.25, -0.2) is 0 Å². The quantitative estimate of drug-likeness (QED) is 0.879. The van der Waals surface area contributed by atoms with Crippen LogP contribution in [0, 0.1) is 0 Å². The highest BCUT2D eigenvalue weighted by atomic mass is 79.9. The molecule has 0 fully saturated rings. The van der Waals surface area contributed by atoms with Gasteiger partial charge < -0.3 is 15.2 Å². The fourth-order valence-corrected chi connectivity index (χ4v) is 1.90. The summed E-state index contributed by atoms with van der Waals surface area (Å²) in [6.07, 6.45) is 1.47. The first-order valence-corrected chi connectivity index (χ1v) is 6.70. The Morgan fingerprint density at radius 2 is 2.20 bits per heavy atom. The van der Waals surface area contributed by atoms with Gasteiger partial charge in [-0.2, -0.15) is 0 Å². The summed E-state index contributed by atoms with van der Waals surface area (Å²) >= 11 is 3.33. The SMILES string of the molecule is O=C(COc1ccc(CO)nc1)Nc1cccc(Br)c1. The molecule has 0 saturated carbocycles. The minimum atomic E-state index is -0.255. The first kappa shape index (κ1) is 14.5. The Labute approximate surface area is 124 Å². The first-order valence-electron chi connectivity index (χ1n) is 5.91. The van der Waals surface area contributed by atoms with Crippen molar-refractivity contribution in [3.8, 4) is 5.75 Å². The van der Waals surface area contributed by atoms with Crippen LogP contribution in [0.1, 0.15) is 5.69 Å². The number of aliphatic hydroxyl groups is 1. The highest BCUT2D eigenvalue weighted by Gasteiger charge is 2.04. The van der Waals surface area contributed by atoms with E-state index in [4.69, 9.17) is 9.84 Å². The van der Waals surface area contributed by atoms with Crippen LogP contribution in [0.4, 0.5) is 5.69 Å². The van der Waals surface area contributed by atoms with Gasteiger partial charge in [0, 0.05) is 10.2 Å². The minimum Gasteiger partial charge on any atom is -0.482 e. The Balaban J connectivity index is 1.85. The van der Waals surface area contributed by atoms with Gasteiger partial charge >= 0.3 is 0 Å². The molecule has 0 unspecified atom stereocenters. The van der Waals surface area contributed by atoms with Crippen molar-refractivity contribution in [1.29, 1.82) is 0 Å². The molecule has 0 saturated heterocycles. The maximum absolute atomic E-state index is 11.7. The van der Waals surface area contributed by atoms with Crippen molar-refractivity contribution >= 4 is 27.5 Å². The summed E-state index contributed by atoms with van der Waals surface area (Å²) in [5, 5.41) is 11.6. The van der Waals surface area contributed by atoms with Crippen molar-refractivity contribution in [2.75, 3.05) is 11.9 Å². The molecule has 2 aromatic rings. The van der Waals surface area contributed by atoms with E-state index in [2.05, 4.69) is 26.2 Å². The third-order valence-electron chi connectivity index (χ3n) is 2.44. The van der Waals surface area contributed by atoms with Crippen LogP contribution < -0.4 is 10.1 Å². The average Bonchev–Trinajstić information content (AvgIpc) is 2.46. The van der Waals surface area contributed by atoms with Crippen molar-refractivity contribution < 1.29 is 14.6 Å². The van der Waals surface area contributed by atoms with Gasteiger partial charge in [-0.1, -0.05) is 22.0 Å². The summed E-state index contributed by atoms with van der Waals surface area (Å²) in [7, 11) is 0. The fourth-order valence-electron chi connectivity index (χ4n) is 1.50. The number of benzene rings is 1. The number of pyridine rings is 1. The lowest BCUT2D eigenvalue weighted by atomic mass is 10.3. The first-order chi connectivity index (χ1) is 9.67. The lowest BCUT2D eigenvalue weighted by Crippen LogP contribution is -2.20. The van der Waals surface area contributed by atoms with E-state index < -0.39 is 0 Å². The highest BCUT2D eigenvalue weighted by molar-refractivity contribution is 9.10. The van der Waals surface area contributed by atoms with Gasteiger partial charge in [0.2, 0.25) is 0 Å². The smallest absolute Gasteiger partial charge is 0.262 e. The molecule has 2 N–H and O–H groups in total. The van der Waals surface area contributed by atoms with Gasteiger partial charge in [0.1, 0.15) is 5.75 Å². The number of anilines is 1. The zero-order chi connectivity index (χ0) is 14.4. The second-order valence-corrected chi connectivity index (χ2v) is 4.91. The summed E-state index contributed by atoms with van der Waals surface area (Å²) in [4.78, 5) is 15.7. The number of hydrogen-bond donors (Lipinski definition) is 2. The van der Waals surface area contributed by atoms with Crippen molar-refractivity contribution in [1.82, 2.24) is 4.98 Å². The van der Waals surface area contributed by atoms with Gasteiger partial charge in [-0.05, 0) is 30.3 Å². The standard InChI is InChI=1S/C14H13BrN2O3/c15-10-2-1-3-11(6-10)17-14(19)9-20-13-5-4-12(8-18)16-7-13/h1-7,18H,8-9H2,(H,17,19). The monoisotopic (exact) mass is 336 g/mol. The Kier molecular flexibility index (Phi) is 5.09. The Morgan fingerprint density at radius 1 is 1.35 bits per heavy atom. The molecular formula is C14H13BrN2O3. The van der Waals surface area contributed by atoms with Gasteiger partial charge in [-0.3, -0.25) is 9.78 Å². The number of aromatic nitrogens is 1. The van der Waals surface area contributed by atoms with Crippen molar-refractivity contribution in [2.24, 2.45) is 0 Å². The number of carbonyl (C=O) groups excluding carboxylic acids is 1. The van der Waals surface area contributed by atoms with E-state index in [0.717, 1.165) is 4.47 Å². The molecule has 20 heavy (non-hydrogen) atoms. The number of carbonyl (C=O) groups is 1. The van der Waals surface area contributed by atoms with Crippen LogP contribution >= 0.6 is 15.9 Å². The number of amides is 1. The Morgan fingerprint density at radius 3 is 2.85 bits per heavy atom. The third-order valence-corrected chi connectivity index (χ3v) is 2.93. The minimum absolute atomic E-state index is 0.104. The molecule has 6 heteroatoms. The molecule has 104 valence electrons. The molecule has 2 rings (SSSR count). The van der Waals surface area contributed by atoms with Crippen molar-refractivity contribution in [3.63, 3.8) is 0 Å². The number of aliphatic hydroxyl groups excluding tert-OH is 1. The van der Waals surface area contributed by atoms with E-state index in [1.54, 1.807) is 24.3 Å². The molecule has 0 spiro atoms. The molecule has 1 aromatic heterocycles. The lowest BCUT2D eigenvalue weighted by molar-refractivity contribution is -0.118. The summed E-state index contributed by atoms with van der Waals surface area (Å²) in [5.41, 5.74) is 1.25. The maximum atomic E-state index is 11.7. The van der Waals surface area contributed by atoms with Crippen LogP contribution in [0.3, 0.4) is 0 Å². The van der Waals surface area contributed by atoms with Crippen LogP contribution in [0.25, 0.3) is 0 Å². The molecule has 0 bridgehead atoms. The molecule has 1 heterocycles. The number of hydrogen-bond acceptors (Lipinski definition) is 4. The number of ether oxygens (including phenoxy) is 1. The summed E-state index contributed by atoms with van der Waals surface area (Å²) in [5.74, 6) is 0.223. The van der Waals surface area contributed by atoms with E-state index >= 15 is 0 Å². The Bertz CT molecular complexity index is 587. The van der Waals surface area contributed by atoms with Gasteiger partial charge in [-0.15, -0.1) is 0 Å². The molecule has 1 amide bonds. The van der Waals surface area contributed by atoms with Crippen molar-refractivity contribution in [3.05, 3.63) is 52.8 Å². The van der Waals surface area contributed by atoms with Gasteiger partial charge in [0.05, 0.1) is 18.5 Å². The zero-order valence-electron chi connectivity index (χ0n) is 10.5. The molecule has 5 nitrogen and oxygen atoms in total. The molecule has 0 radical (unpaired) electrons. The van der Waals surface area contributed by atoms with Crippen LogP contribution in [0.5, 0.6) is 5.75 Å². The molecule has 1 aromatic carbocycles. The van der Waals surface area contributed by atoms with Crippen LogP contribution in [0.15, 0.2) is 47.1 Å². The summed E-state index contributed by atoms with van der Waals surface area (Å²) in [6, 6.07) is 10.6. The van der Waals surface area contributed by atoms with Crippen molar-refractivity contribution in [2.45, 2.75) is 6.61 Å². The molecule has 0 atom stereocenters. The average molecular weight is 337 g/mol. The molecule has 0 aliphatic heterocycles. The molecular weight excluding hydrogens is 324 g/mol. The number of nitrogens with zero attached hydrogens (tertiary/aromatic N) is 1. The van der Waals surface area contributed by atoms with Crippen LogP contribution in [0.2, 0.25) is 0 Å². The number of halogens is 1. The summed E-state index contributed by atoms with van der Waals surface area (Å²) in [6.45, 7) is -0.226. The van der Waals surface area contributed by atoms with E-state index in [-0.39, 0.29) is 19.1 Å². The van der Waals surface area contributed by atoms with Crippen LogP contribution in [-0.2, 0) is 11.4 Å². The molecule has 0 aliphatic carbocycles. The van der Waals surface area contributed by atoms with E-state index in [1.165, 1.54) is 6.20 Å². The predicted molar refractivity (Wildman–Crippen MR) is 78.4 cm³/mol. The highest BCUT2D eigenvalue weighted by Crippen LogP contribution is 2.15. The largest absolute Gasteiger partial charge is 0.482 e.